The summed E-state index contributed by atoms with van der Waals surface area (Å²) in [7, 11) is 0. The summed E-state index contributed by atoms with van der Waals surface area (Å²) in [4.78, 5) is 30.4. The molecule has 24 heavy (non-hydrogen) atoms. The van der Waals surface area contributed by atoms with Crippen molar-refractivity contribution in [3.8, 4) is 0 Å². The minimum Gasteiger partial charge on any atom is -0.461 e. The SMILES string of the molecule is CCCCCC(=O)N(CCC(C)C)Cc1nc(C(=O)OCC)cs1. The Morgan fingerprint density at radius 1 is 1.29 bits per heavy atom. The van der Waals surface area contributed by atoms with E-state index in [1.807, 2.05) is 4.90 Å². The molecule has 1 amide bonds. The van der Waals surface area contributed by atoms with Gasteiger partial charge in [-0.15, -0.1) is 11.3 Å². The summed E-state index contributed by atoms with van der Waals surface area (Å²) in [6.45, 7) is 9.76. The van der Waals surface area contributed by atoms with E-state index < -0.39 is 5.97 Å². The van der Waals surface area contributed by atoms with E-state index in [2.05, 4.69) is 25.8 Å². The minimum absolute atomic E-state index is 0.178. The highest BCUT2D eigenvalue weighted by Crippen LogP contribution is 2.16. The van der Waals surface area contributed by atoms with Crippen molar-refractivity contribution in [3.63, 3.8) is 0 Å². The Labute approximate surface area is 149 Å². The first-order chi connectivity index (χ1) is 11.5. The third-order valence-corrected chi connectivity index (χ3v) is 4.52. The fraction of sp³-hybridized carbons (Fsp3) is 0.722. The fourth-order valence-electron chi connectivity index (χ4n) is 2.24. The van der Waals surface area contributed by atoms with Crippen molar-refractivity contribution in [2.24, 2.45) is 5.92 Å². The summed E-state index contributed by atoms with van der Waals surface area (Å²) >= 11 is 1.41. The summed E-state index contributed by atoms with van der Waals surface area (Å²) < 4.78 is 4.96. The molecule has 0 unspecified atom stereocenters. The first-order valence-electron chi connectivity index (χ1n) is 8.87. The van der Waals surface area contributed by atoms with Crippen molar-refractivity contribution in [2.75, 3.05) is 13.2 Å². The molecule has 0 atom stereocenters. The molecule has 0 radical (unpaired) electrons. The molecule has 0 saturated carbocycles. The molecule has 0 bridgehead atoms. The molecule has 1 heterocycles. The molecule has 0 aliphatic carbocycles. The normalized spacial score (nSPS) is 10.9. The van der Waals surface area contributed by atoms with Gasteiger partial charge in [0, 0.05) is 18.3 Å². The molecule has 136 valence electrons. The average molecular weight is 355 g/mol. The van der Waals surface area contributed by atoms with Gasteiger partial charge in [-0.25, -0.2) is 9.78 Å². The number of esters is 1. The Bertz CT molecular complexity index is 514. The molecule has 6 heteroatoms. The van der Waals surface area contributed by atoms with Crippen molar-refractivity contribution in [3.05, 3.63) is 16.1 Å². The van der Waals surface area contributed by atoms with Crippen molar-refractivity contribution < 1.29 is 14.3 Å². The van der Waals surface area contributed by atoms with Crippen LogP contribution in [0.4, 0.5) is 0 Å². The zero-order chi connectivity index (χ0) is 17.9. The maximum absolute atomic E-state index is 12.5. The monoisotopic (exact) mass is 354 g/mol. The Hall–Kier alpha value is -1.43. The quantitative estimate of drug-likeness (QED) is 0.440. The van der Waals surface area contributed by atoms with Crippen LogP contribution in [0.5, 0.6) is 0 Å². The Kier molecular flexibility index (Phi) is 9.60. The summed E-state index contributed by atoms with van der Waals surface area (Å²) in [5.74, 6) is 0.322. The van der Waals surface area contributed by atoms with Gasteiger partial charge in [-0.05, 0) is 25.7 Å². The molecule has 1 aromatic heterocycles. The number of unbranched alkanes of at least 4 members (excludes halogenated alkanes) is 2. The van der Waals surface area contributed by atoms with E-state index >= 15 is 0 Å². The molecule has 1 rings (SSSR count). The van der Waals surface area contributed by atoms with Gasteiger partial charge in [0.2, 0.25) is 5.91 Å². The Balaban J connectivity index is 2.69. The number of hydrogen-bond acceptors (Lipinski definition) is 5. The number of rotatable bonds is 11. The highest BCUT2D eigenvalue weighted by Gasteiger charge is 2.18. The van der Waals surface area contributed by atoms with Gasteiger partial charge in [-0.2, -0.15) is 0 Å². The smallest absolute Gasteiger partial charge is 0.357 e. The van der Waals surface area contributed by atoms with E-state index in [4.69, 9.17) is 4.74 Å². The van der Waals surface area contributed by atoms with Crippen molar-refractivity contribution in [2.45, 2.75) is 66.3 Å². The van der Waals surface area contributed by atoms with Crippen molar-refractivity contribution in [1.82, 2.24) is 9.88 Å². The van der Waals surface area contributed by atoms with Crippen molar-refractivity contribution in [1.29, 1.82) is 0 Å². The zero-order valence-electron chi connectivity index (χ0n) is 15.3. The summed E-state index contributed by atoms with van der Waals surface area (Å²) in [6, 6.07) is 0. The number of carbonyl (C=O) groups is 2. The highest BCUT2D eigenvalue weighted by atomic mass is 32.1. The van der Waals surface area contributed by atoms with E-state index in [1.54, 1.807) is 12.3 Å². The number of hydrogen-bond donors (Lipinski definition) is 0. The van der Waals surface area contributed by atoms with Crippen LogP contribution in [-0.2, 0) is 16.1 Å². The van der Waals surface area contributed by atoms with E-state index in [0.717, 1.165) is 37.2 Å². The minimum atomic E-state index is -0.400. The maximum atomic E-state index is 12.5. The van der Waals surface area contributed by atoms with Gasteiger partial charge < -0.3 is 9.64 Å². The molecule has 0 aliphatic rings. The van der Waals surface area contributed by atoms with E-state index in [1.165, 1.54) is 11.3 Å². The van der Waals surface area contributed by atoms with Gasteiger partial charge in [-0.3, -0.25) is 4.79 Å². The van der Waals surface area contributed by atoms with Crippen LogP contribution in [0.3, 0.4) is 0 Å². The van der Waals surface area contributed by atoms with Gasteiger partial charge in [0.05, 0.1) is 13.2 Å². The van der Waals surface area contributed by atoms with Crippen LogP contribution in [0.2, 0.25) is 0 Å². The fourth-order valence-corrected chi connectivity index (χ4v) is 3.01. The average Bonchev–Trinajstić information content (AvgIpc) is 3.00. The number of thiazole rings is 1. The Morgan fingerprint density at radius 3 is 2.67 bits per heavy atom. The maximum Gasteiger partial charge on any atom is 0.357 e. The lowest BCUT2D eigenvalue weighted by molar-refractivity contribution is -0.132. The molecular weight excluding hydrogens is 324 g/mol. The zero-order valence-corrected chi connectivity index (χ0v) is 16.2. The van der Waals surface area contributed by atoms with Gasteiger partial charge in [0.1, 0.15) is 5.01 Å². The van der Waals surface area contributed by atoms with Gasteiger partial charge in [-0.1, -0.05) is 33.6 Å². The van der Waals surface area contributed by atoms with Crippen LogP contribution in [0.15, 0.2) is 5.38 Å². The predicted octanol–water partition coefficient (Wildman–Crippen LogP) is 4.27. The van der Waals surface area contributed by atoms with Crippen LogP contribution in [0.1, 0.15) is 75.3 Å². The molecule has 0 spiro atoms. The molecule has 0 aliphatic heterocycles. The first-order valence-corrected chi connectivity index (χ1v) is 9.75. The van der Waals surface area contributed by atoms with Crippen LogP contribution in [-0.4, -0.2) is 34.9 Å². The number of amides is 1. The third-order valence-electron chi connectivity index (χ3n) is 3.69. The lowest BCUT2D eigenvalue weighted by Gasteiger charge is -2.22. The molecule has 1 aromatic rings. The molecule has 5 nitrogen and oxygen atoms in total. The summed E-state index contributed by atoms with van der Waals surface area (Å²) in [5, 5.41) is 2.49. The van der Waals surface area contributed by atoms with E-state index in [-0.39, 0.29) is 5.91 Å². The number of carbonyl (C=O) groups excluding carboxylic acids is 2. The van der Waals surface area contributed by atoms with E-state index in [9.17, 15) is 9.59 Å². The second-order valence-electron chi connectivity index (χ2n) is 6.30. The molecule has 0 fully saturated rings. The number of ether oxygens (including phenoxy) is 1. The summed E-state index contributed by atoms with van der Waals surface area (Å²) in [6.07, 6.45) is 4.67. The molecular formula is C18H30N2O3S. The lowest BCUT2D eigenvalue weighted by atomic mass is 10.1. The standard InChI is InChI=1S/C18H30N2O3S/c1-5-7-8-9-17(21)20(11-10-14(3)4)12-16-19-15(13-24-16)18(22)23-6-2/h13-14H,5-12H2,1-4H3. The molecule has 0 aromatic carbocycles. The highest BCUT2D eigenvalue weighted by molar-refractivity contribution is 7.09. The van der Waals surface area contributed by atoms with E-state index in [0.29, 0.717) is 31.2 Å². The largest absolute Gasteiger partial charge is 0.461 e. The van der Waals surface area contributed by atoms with Crippen LogP contribution in [0.25, 0.3) is 0 Å². The first kappa shape index (κ1) is 20.6. The Morgan fingerprint density at radius 2 is 2.04 bits per heavy atom. The second kappa shape index (κ2) is 11.2. The number of aromatic nitrogens is 1. The topological polar surface area (TPSA) is 59.5 Å². The van der Waals surface area contributed by atoms with Crippen molar-refractivity contribution >= 4 is 23.2 Å². The molecule has 0 saturated heterocycles. The third kappa shape index (κ3) is 7.43. The van der Waals surface area contributed by atoms with Crippen LogP contribution < -0.4 is 0 Å². The second-order valence-corrected chi connectivity index (χ2v) is 7.24. The van der Waals surface area contributed by atoms with Crippen LogP contribution >= 0.6 is 11.3 Å². The predicted molar refractivity (Wildman–Crippen MR) is 97.1 cm³/mol. The van der Waals surface area contributed by atoms with Gasteiger partial charge in [0.25, 0.3) is 0 Å². The number of nitrogens with zero attached hydrogens (tertiary/aromatic N) is 2. The van der Waals surface area contributed by atoms with Gasteiger partial charge >= 0.3 is 5.97 Å². The lowest BCUT2D eigenvalue weighted by Crippen LogP contribution is -2.32. The molecule has 0 N–H and O–H groups in total. The van der Waals surface area contributed by atoms with Gasteiger partial charge in [0.15, 0.2) is 5.69 Å². The van der Waals surface area contributed by atoms with Crippen LogP contribution in [0, 0.1) is 5.92 Å². The summed E-state index contributed by atoms with van der Waals surface area (Å²) in [5.41, 5.74) is 0.332.